The van der Waals surface area contributed by atoms with Crippen LogP contribution in [0.15, 0.2) is 35.2 Å². The molecule has 0 atom stereocenters. The van der Waals surface area contributed by atoms with Crippen molar-refractivity contribution in [1.29, 1.82) is 0 Å². The third-order valence-corrected chi connectivity index (χ3v) is 3.72. The number of carbonyl (C=O) groups excluding carboxylic acids is 2. The van der Waals surface area contributed by atoms with Crippen molar-refractivity contribution in [2.45, 2.75) is 19.4 Å². The smallest absolute Gasteiger partial charge is 0.306 e. The fraction of sp³-hybridized carbons (Fsp3) is 0.267. The SMILES string of the molecule is O=C(CCCNC(=O)c1ccsc1)OCc1ccc(Cl)nc1. The molecule has 0 aliphatic heterocycles. The predicted octanol–water partition coefficient (Wildman–Crippen LogP) is 3.05. The Morgan fingerprint density at radius 3 is 2.86 bits per heavy atom. The van der Waals surface area contributed by atoms with Crippen LogP contribution in [0.2, 0.25) is 5.15 Å². The number of ether oxygens (including phenoxy) is 1. The normalized spacial score (nSPS) is 10.2. The molecule has 116 valence electrons. The van der Waals surface area contributed by atoms with Gasteiger partial charge >= 0.3 is 5.97 Å². The Labute approximate surface area is 137 Å². The molecular formula is C15H15ClN2O3S. The van der Waals surface area contributed by atoms with Gasteiger partial charge in [-0.05, 0) is 23.9 Å². The van der Waals surface area contributed by atoms with Crippen molar-refractivity contribution in [1.82, 2.24) is 10.3 Å². The van der Waals surface area contributed by atoms with Crippen LogP contribution in [-0.4, -0.2) is 23.4 Å². The first-order valence-electron chi connectivity index (χ1n) is 6.71. The Bertz CT molecular complexity index is 614. The molecule has 2 aromatic rings. The molecule has 0 aliphatic carbocycles. The molecule has 0 bridgehead atoms. The number of nitrogens with one attached hydrogen (secondary N) is 1. The van der Waals surface area contributed by atoms with Gasteiger partial charge < -0.3 is 10.1 Å². The number of esters is 1. The average Bonchev–Trinajstić information content (AvgIpc) is 3.05. The summed E-state index contributed by atoms with van der Waals surface area (Å²) in [6, 6.07) is 5.16. The maximum atomic E-state index is 11.7. The molecule has 2 aromatic heterocycles. The summed E-state index contributed by atoms with van der Waals surface area (Å²) < 4.78 is 5.11. The molecule has 0 aliphatic rings. The molecule has 0 aromatic carbocycles. The van der Waals surface area contributed by atoms with Crippen LogP contribution in [0.5, 0.6) is 0 Å². The first-order valence-corrected chi connectivity index (χ1v) is 8.03. The molecule has 7 heteroatoms. The Balaban J connectivity index is 1.59. The molecule has 2 rings (SSSR count). The molecule has 0 saturated heterocycles. The zero-order chi connectivity index (χ0) is 15.8. The number of amides is 1. The average molecular weight is 339 g/mol. The van der Waals surface area contributed by atoms with Gasteiger partial charge in [-0.25, -0.2) is 4.98 Å². The van der Waals surface area contributed by atoms with Gasteiger partial charge in [-0.2, -0.15) is 11.3 Å². The summed E-state index contributed by atoms with van der Waals surface area (Å²) in [5, 5.41) is 6.78. The van der Waals surface area contributed by atoms with Gasteiger partial charge in [0.15, 0.2) is 0 Å². The Hall–Kier alpha value is -1.92. The van der Waals surface area contributed by atoms with Gasteiger partial charge in [-0.15, -0.1) is 0 Å². The maximum absolute atomic E-state index is 11.7. The summed E-state index contributed by atoms with van der Waals surface area (Å²) in [5.74, 6) is -0.429. The van der Waals surface area contributed by atoms with E-state index in [1.165, 1.54) is 11.3 Å². The van der Waals surface area contributed by atoms with Gasteiger partial charge in [0.25, 0.3) is 5.91 Å². The third-order valence-electron chi connectivity index (χ3n) is 2.82. The summed E-state index contributed by atoms with van der Waals surface area (Å²) in [6.07, 6.45) is 2.36. The summed E-state index contributed by atoms with van der Waals surface area (Å²) in [7, 11) is 0. The second kappa shape index (κ2) is 8.51. The predicted molar refractivity (Wildman–Crippen MR) is 84.9 cm³/mol. The first-order chi connectivity index (χ1) is 10.6. The van der Waals surface area contributed by atoms with Crippen LogP contribution in [0.25, 0.3) is 0 Å². The molecule has 22 heavy (non-hydrogen) atoms. The highest BCUT2D eigenvalue weighted by atomic mass is 35.5. The van der Waals surface area contributed by atoms with E-state index in [0.717, 1.165) is 5.56 Å². The van der Waals surface area contributed by atoms with Crippen LogP contribution >= 0.6 is 22.9 Å². The quantitative estimate of drug-likeness (QED) is 0.478. The van der Waals surface area contributed by atoms with Crippen molar-refractivity contribution in [2.24, 2.45) is 0 Å². The van der Waals surface area contributed by atoms with Crippen LogP contribution in [0, 0.1) is 0 Å². The van der Waals surface area contributed by atoms with Crippen molar-refractivity contribution in [2.75, 3.05) is 6.54 Å². The van der Waals surface area contributed by atoms with Crippen LogP contribution in [0.3, 0.4) is 0 Å². The molecule has 0 fully saturated rings. The van der Waals surface area contributed by atoms with Crippen molar-refractivity contribution in [3.8, 4) is 0 Å². The lowest BCUT2D eigenvalue weighted by Gasteiger charge is -2.06. The number of hydrogen-bond donors (Lipinski definition) is 1. The second-order valence-electron chi connectivity index (χ2n) is 4.52. The summed E-state index contributed by atoms with van der Waals surface area (Å²) >= 11 is 7.14. The molecule has 0 spiro atoms. The van der Waals surface area contributed by atoms with Gasteiger partial charge in [-0.3, -0.25) is 9.59 Å². The molecule has 0 unspecified atom stereocenters. The highest BCUT2D eigenvalue weighted by molar-refractivity contribution is 7.08. The maximum Gasteiger partial charge on any atom is 0.306 e. The Kier molecular flexibility index (Phi) is 6.36. The minimum atomic E-state index is -0.306. The van der Waals surface area contributed by atoms with E-state index in [1.807, 2.05) is 5.38 Å². The van der Waals surface area contributed by atoms with Gasteiger partial charge in [0, 0.05) is 35.7 Å². The highest BCUT2D eigenvalue weighted by Gasteiger charge is 2.07. The van der Waals surface area contributed by atoms with Gasteiger partial charge in [0.05, 0.1) is 0 Å². The lowest BCUT2D eigenvalue weighted by Crippen LogP contribution is -2.24. The van der Waals surface area contributed by atoms with Gasteiger partial charge in [-0.1, -0.05) is 17.7 Å². The van der Waals surface area contributed by atoms with Crippen molar-refractivity contribution in [3.63, 3.8) is 0 Å². The Morgan fingerprint density at radius 1 is 1.32 bits per heavy atom. The number of rotatable bonds is 7. The number of pyridine rings is 1. The van der Waals surface area contributed by atoms with Crippen LogP contribution < -0.4 is 5.32 Å². The van der Waals surface area contributed by atoms with E-state index in [-0.39, 0.29) is 24.9 Å². The molecule has 1 amide bonds. The highest BCUT2D eigenvalue weighted by Crippen LogP contribution is 2.07. The van der Waals surface area contributed by atoms with E-state index in [0.29, 0.717) is 23.7 Å². The van der Waals surface area contributed by atoms with Crippen molar-refractivity contribution in [3.05, 3.63) is 51.4 Å². The summed E-state index contributed by atoms with van der Waals surface area (Å²) in [4.78, 5) is 27.1. The van der Waals surface area contributed by atoms with E-state index in [2.05, 4.69) is 10.3 Å². The van der Waals surface area contributed by atoms with Crippen LogP contribution in [0.1, 0.15) is 28.8 Å². The van der Waals surface area contributed by atoms with Gasteiger partial charge in [0.2, 0.25) is 0 Å². The van der Waals surface area contributed by atoms with E-state index >= 15 is 0 Å². The third kappa shape index (κ3) is 5.46. The second-order valence-corrected chi connectivity index (χ2v) is 5.69. The zero-order valence-electron chi connectivity index (χ0n) is 11.8. The lowest BCUT2D eigenvalue weighted by atomic mass is 10.3. The molecular weight excluding hydrogens is 324 g/mol. The standard InChI is InChI=1S/C15H15ClN2O3S/c16-13-4-3-11(8-18-13)9-21-14(19)2-1-6-17-15(20)12-5-7-22-10-12/h3-5,7-8,10H,1-2,6,9H2,(H,17,20). The fourth-order valence-corrected chi connectivity index (χ4v) is 2.41. The molecule has 1 N–H and O–H groups in total. The van der Waals surface area contributed by atoms with E-state index in [4.69, 9.17) is 16.3 Å². The van der Waals surface area contributed by atoms with Gasteiger partial charge in [0.1, 0.15) is 11.8 Å². The fourth-order valence-electron chi connectivity index (χ4n) is 1.66. The number of hydrogen-bond acceptors (Lipinski definition) is 5. The minimum absolute atomic E-state index is 0.123. The van der Waals surface area contributed by atoms with Crippen LogP contribution in [-0.2, 0) is 16.1 Å². The van der Waals surface area contributed by atoms with Crippen molar-refractivity contribution < 1.29 is 14.3 Å². The number of thiophene rings is 1. The number of halogens is 1. The number of aromatic nitrogens is 1. The molecule has 0 saturated carbocycles. The molecule has 5 nitrogen and oxygen atoms in total. The summed E-state index contributed by atoms with van der Waals surface area (Å²) in [6.45, 7) is 0.608. The van der Waals surface area contributed by atoms with E-state index in [9.17, 15) is 9.59 Å². The number of nitrogens with zero attached hydrogens (tertiary/aromatic N) is 1. The topological polar surface area (TPSA) is 68.3 Å². The lowest BCUT2D eigenvalue weighted by molar-refractivity contribution is -0.145. The number of carbonyl (C=O) groups is 2. The molecule has 0 radical (unpaired) electrons. The Morgan fingerprint density at radius 2 is 2.18 bits per heavy atom. The van der Waals surface area contributed by atoms with Crippen LogP contribution in [0.4, 0.5) is 0 Å². The molecule has 2 heterocycles. The largest absolute Gasteiger partial charge is 0.461 e. The summed E-state index contributed by atoms with van der Waals surface area (Å²) in [5.41, 5.74) is 1.42. The monoisotopic (exact) mass is 338 g/mol. The zero-order valence-corrected chi connectivity index (χ0v) is 13.3. The van der Waals surface area contributed by atoms with E-state index < -0.39 is 0 Å². The minimum Gasteiger partial charge on any atom is -0.461 e. The van der Waals surface area contributed by atoms with E-state index in [1.54, 1.807) is 29.8 Å². The first kappa shape index (κ1) is 16.5. The van der Waals surface area contributed by atoms with Crippen molar-refractivity contribution >= 4 is 34.8 Å².